The first kappa shape index (κ1) is 24.7. The first-order valence-corrected chi connectivity index (χ1v) is 12.5. The Morgan fingerprint density at radius 1 is 1.15 bits per heavy atom. The van der Waals surface area contributed by atoms with Crippen LogP contribution in [0, 0.1) is 5.92 Å². The lowest BCUT2D eigenvalue weighted by Crippen LogP contribution is -2.47. The third kappa shape index (κ3) is 5.54. The van der Waals surface area contributed by atoms with Gasteiger partial charge in [-0.2, -0.15) is 4.72 Å². The fourth-order valence-electron chi connectivity index (χ4n) is 4.00. The molecule has 33 heavy (non-hydrogen) atoms. The Bertz CT molecular complexity index is 1130. The maximum Gasteiger partial charge on any atom is 0.242 e. The number of benzene rings is 2. The largest absolute Gasteiger partial charge is 0.494 e. The number of ether oxygens (including phenoxy) is 1. The van der Waals surface area contributed by atoms with E-state index in [2.05, 4.69) is 10.0 Å². The number of rotatable bonds is 8. The van der Waals surface area contributed by atoms with Crippen LogP contribution in [0.15, 0.2) is 47.4 Å². The molecule has 0 saturated carbocycles. The Hall–Kier alpha value is -2.91. The molecule has 8 nitrogen and oxygen atoms in total. The molecule has 0 saturated heterocycles. The molecule has 1 aliphatic heterocycles. The fraction of sp³-hybridized carbons (Fsp3) is 0.417. The third-order valence-corrected chi connectivity index (χ3v) is 7.02. The zero-order chi connectivity index (χ0) is 24.3. The molecule has 2 aromatic carbocycles. The Morgan fingerprint density at radius 2 is 1.82 bits per heavy atom. The van der Waals surface area contributed by atoms with Crippen molar-refractivity contribution in [3.05, 3.63) is 48.0 Å². The number of fused-ring (bicyclic) bond motifs is 1. The highest BCUT2D eigenvalue weighted by molar-refractivity contribution is 7.89. The monoisotopic (exact) mass is 473 g/mol. The van der Waals surface area contributed by atoms with Gasteiger partial charge in [-0.1, -0.05) is 13.8 Å². The van der Waals surface area contributed by atoms with Crippen molar-refractivity contribution in [1.82, 2.24) is 4.72 Å². The van der Waals surface area contributed by atoms with Crippen LogP contribution < -0.4 is 19.7 Å². The second-order valence-electron chi connectivity index (χ2n) is 8.52. The molecule has 0 fully saturated rings. The van der Waals surface area contributed by atoms with Gasteiger partial charge in [0.1, 0.15) is 11.8 Å². The molecule has 0 radical (unpaired) electrons. The standard InChI is InChI=1S/C24H31N3O5S/c1-6-32-20-9-7-19(8-10-20)25-24(29)23(15(2)3)26-33(30,31)21-11-12-22-18(14-21)13-16(4)27(22)17(5)28/h7-12,14-16,23,26H,6,13H2,1-5H3,(H,25,29)/t16-,23-/m1/s1. The van der Waals surface area contributed by atoms with Crippen molar-refractivity contribution in [1.29, 1.82) is 0 Å². The molecule has 2 aromatic rings. The van der Waals surface area contributed by atoms with Gasteiger partial charge in [0.25, 0.3) is 0 Å². The number of carbonyl (C=O) groups is 2. The van der Waals surface area contributed by atoms with Gasteiger partial charge in [-0.3, -0.25) is 9.59 Å². The van der Waals surface area contributed by atoms with Crippen molar-refractivity contribution in [3.63, 3.8) is 0 Å². The van der Waals surface area contributed by atoms with E-state index >= 15 is 0 Å². The highest BCUT2D eigenvalue weighted by atomic mass is 32.2. The normalized spacial score (nSPS) is 16.4. The van der Waals surface area contributed by atoms with Crippen molar-refractivity contribution in [2.24, 2.45) is 5.92 Å². The summed E-state index contributed by atoms with van der Waals surface area (Å²) in [5.74, 6) is -0.132. The maximum absolute atomic E-state index is 13.1. The fourth-order valence-corrected chi connectivity index (χ4v) is 5.40. The van der Waals surface area contributed by atoms with Crippen LogP contribution in [0.3, 0.4) is 0 Å². The summed E-state index contributed by atoms with van der Waals surface area (Å²) in [5, 5.41) is 2.77. The van der Waals surface area contributed by atoms with Gasteiger partial charge in [0.05, 0.1) is 11.5 Å². The Morgan fingerprint density at radius 3 is 2.39 bits per heavy atom. The summed E-state index contributed by atoms with van der Waals surface area (Å²) >= 11 is 0. The van der Waals surface area contributed by atoms with Crippen LogP contribution >= 0.6 is 0 Å². The number of anilines is 2. The van der Waals surface area contributed by atoms with E-state index in [1.165, 1.54) is 13.0 Å². The predicted octanol–water partition coefficient (Wildman–Crippen LogP) is 3.32. The zero-order valence-electron chi connectivity index (χ0n) is 19.6. The van der Waals surface area contributed by atoms with Gasteiger partial charge in [0.15, 0.2) is 0 Å². The van der Waals surface area contributed by atoms with Crippen LogP contribution in [0.4, 0.5) is 11.4 Å². The summed E-state index contributed by atoms with van der Waals surface area (Å²) in [5.41, 5.74) is 2.06. The molecule has 0 aromatic heterocycles. The highest BCUT2D eigenvalue weighted by Gasteiger charge is 2.32. The highest BCUT2D eigenvalue weighted by Crippen LogP contribution is 2.34. The molecular formula is C24H31N3O5S. The van der Waals surface area contributed by atoms with Crippen molar-refractivity contribution in [2.45, 2.75) is 58.0 Å². The van der Waals surface area contributed by atoms with Crippen LogP contribution in [0.2, 0.25) is 0 Å². The van der Waals surface area contributed by atoms with Crippen molar-refractivity contribution in [2.75, 3.05) is 16.8 Å². The average Bonchev–Trinajstić information content (AvgIpc) is 3.08. The van der Waals surface area contributed by atoms with E-state index in [1.807, 2.05) is 13.8 Å². The lowest BCUT2D eigenvalue weighted by atomic mass is 10.0. The lowest BCUT2D eigenvalue weighted by molar-refractivity contribution is -0.118. The molecule has 0 unspecified atom stereocenters. The second kappa shape index (κ2) is 9.93. The molecule has 2 amide bonds. The first-order valence-electron chi connectivity index (χ1n) is 11.0. The summed E-state index contributed by atoms with van der Waals surface area (Å²) in [7, 11) is -3.97. The molecule has 1 heterocycles. The van der Waals surface area contributed by atoms with Gasteiger partial charge in [0, 0.05) is 24.3 Å². The predicted molar refractivity (Wildman–Crippen MR) is 128 cm³/mol. The van der Waals surface area contributed by atoms with Gasteiger partial charge in [-0.05, 0) is 74.2 Å². The number of hydrogen-bond acceptors (Lipinski definition) is 5. The molecule has 3 rings (SSSR count). The van der Waals surface area contributed by atoms with E-state index in [4.69, 9.17) is 4.74 Å². The van der Waals surface area contributed by atoms with Crippen LogP contribution in [0.1, 0.15) is 40.2 Å². The van der Waals surface area contributed by atoms with Crippen molar-refractivity contribution >= 4 is 33.2 Å². The van der Waals surface area contributed by atoms with Gasteiger partial charge in [-0.15, -0.1) is 0 Å². The lowest BCUT2D eigenvalue weighted by Gasteiger charge is -2.22. The Balaban J connectivity index is 1.78. The van der Waals surface area contributed by atoms with E-state index in [9.17, 15) is 18.0 Å². The van der Waals surface area contributed by atoms with Crippen LogP contribution in [0.25, 0.3) is 0 Å². The topological polar surface area (TPSA) is 105 Å². The number of nitrogens with zero attached hydrogens (tertiary/aromatic N) is 1. The van der Waals surface area contributed by atoms with E-state index in [0.717, 1.165) is 11.3 Å². The molecule has 1 aliphatic rings. The number of amides is 2. The molecule has 0 bridgehead atoms. The SMILES string of the molecule is CCOc1ccc(NC(=O)[C@H](NS(=O)(=O)c2ccc3c(c2)C[C@@H](C)N3C(C)=O)C(C)C)cc1. The smallest absolute Gasteiger partial charge is 0.242 e. The molecule has 2 atom stereocenters. The molecule has 0 aliphatic carbocycles. The number of hydrogen-bond donors (Lipinski definition) is 2. The second-order valence-corrected chi connectivity index (χ2v) is 10.2. The summed E-state index contributed by atoms with van der Waals surface area (Å²) in [4.78, 5) is 26.6. The molecule has 9 heteroatoms. The van der Waals surface area contributed by atoms with E-state index in [-0.39, 0.29) is 22.8 Å². The molecule has 178 valence electrons. The van der Waals surface area contributed by atoms with Gasteiger partial charge < -0.3 is 15.0 Å². The summed E-state index contributed by atoms with van der Waals surface area (Å²) in [6.45, 7) is 9.40. The average molecular weight is 474 g/mol. The Labute approximate surface area is 195 Å². The third-order valence-electron chi connectivity index (χ3n) is 5.58. The maximum atomic E-state index is 13.1. The minimum atomic E-state index is -3.97. The molecule has 2 N–H and O–H groups in total. The van der Waals surface area contributed by atoms with Gasteiger partial charge in [0.2, 0.25) is 21.8 Å². The molecular weight excluding hydrogens is 442 g/mol. The number of carbonyl (C=O) groups excluding carboxylic acids is 2. The number of nitrogens with one attached hydrogen (secondary N) is 2. The van der Waals surface area contributed by atoms with Crippen LogP contribution in [0.5, 0.6) is 5.75 Å². The minimum Gasteiger partial charge on any atom is -0.494 e. The van der Waals surface area contributed by atoms with E-state index < -0.39 is 22.0 Å². The quantitative estimate of drug-likeness (QED) is 0.612. The minimum absolute atomic E-state index is 0.0354. The van der Waals surface area contributed by atoms with Crippen molar-refractivity contribution in [3.8, 4) is 5.75 Å². The van der Waals surface area contributed by atoms with Gasteiger partial charge >= 0.3 is 0 Å². The summed E-state index contributed by atoms with van der Waals surface area (Å²) < 4.78 is 34.2. The van der Waals surface area contributed by atoms with Crippen LogP contribution in [-0.4, -0.2) is 38.9 Å². The number of sulfonamides is 1. The zero-order valence-corrected chi connectivity index (χ0v) is 20.4. The van der Waals surface area contributed by atoms with Crippen LogP contribution in [-0.2, 0) is 26.0 Å². The first-order chi connectivity index (χ1) is 15.5. The summed E-state index contributed by atoms with van der Waals surface area (Å²) in [6, 6.07) is 10.6. The Kier molecular flexibility index (Phi) is 7.44. The van der Waals surface area contributed by atoms with Crippen molar-refractivity contribution < 1.29 is 22.7 Å². The van der Waals surface area contributed by atoms with E-state index in [1.54, 1.807) is 55.1 Å². The van der Waals surface area contributed by atoms with Gasteiger partial charge in [-0.25, -0.2) is 8.42 Å². The van der Waals surface area contributed by atoms with E-state index in [0.29, 0.717) is 24.5 Å². The molecule has 0 spiro atoms. The summed E-state index contributed by atoms with van der Waals surface area (Å²) in [6.07, 6.45) is 0.574.